The second-order valence-electron chi connectivity index (χ2n) is 11.1. The first kappa shape index (κ1) is 26.7. The van der Waals surface area contributed by atoms with E-state index in [-0.39, 0.29) is 5.82 Å². The number of hydrogen-bond donors (Lipinski definition) is 0. The van der Waals surface area contributed by atoms with E-state index < -0.39 is 0 Å². The Morgan fingerprint density at radius 1 is 0.467 bits per heavy atom. The molecule has 214 valence electrons. The van der Waals surface area contributed by atoms with Crippen molar-refractivity contribution >= 4 is 21.9 Å². The van der Waals surface area contributed by atoms with Crippen LogP contribution in [0.3, 0.4) is 0 Å². The smallest absolute Gasteiger partial charge is 0.164 e. The summed E-state index contributed by atoms with van der Waals surface area (Å²) < 4.78 is 20.2. The zero-order chi connectivity index (χ0) is 30.3. The minimum absolute atomic E-state index is 0.314. The summed E-state index contributed by atoms with van der Waals surface area (Å²) in [5.41, 5.74) is 9.29. The molecule has 0 spiro atoms. The molecule has 8 aromatic rings. The fourth-order valence-electron chi connectivity index (χ4n) is 5.86. The van der Waals surface area contributed by atoms with Gasteiger partial charge in [-0.25, -0.2) is 19.3 Å². The molecule has 0 fully saturated rings. The highest BCUT2D eigenvalue weighted by molar-refractivity contribution is 6.09. The summed E-state index contributed by atoms with van der Waals surface area (Å²) in [4.78, 5) is 14.7. The summed E-state index contributed by atoms with van der Waals surface area (Å²) in [7, 11) is 0. The second kappa shape index (κ2) is 11.0. The predicted molar refractivity (Wildman–Crippen MR) is 179 cm³/mol. The third kappa shape index (κ3) is 4.94. The number of halogens is 1. The predicted octanol–water partition coefficient (Wildman–Crippen LogP) is 10.6. The number of benzene rings is 6. The van der Waals surface area contributed by atoms with Gasteiger partial charge in [-0.05, 0) is 53.4 Å². The van der Waals surface area contributed by atoms with Crippen LogP contribution in [0.2, 0.25) is 0 Å². The average molecular weight is 584 g/mol. The quantitative estimate of drug-likeness (QED) is 0.202. The van der Waals surface area contributed by atoms with Crippen LogP contribution in [0.25, 0.3) is 78.4 Å². The van der Waals surface area contributed by atoms with E-state index in [4.69, 9.17) is 19.4 Å². The molecule has 5 heteroatoms. The normalized spacial score (nSPS) is 11.3. The van der Waals surface area contributed by atoms with Crippen molar-refractivity contribution in [3.8, 4) is 56.4 Å². The van der Waals surface area contributed by atoms with Crippen LogP contribution in [0.4, 0.5) is 4.39 Å². The average Bonchev–Trinajstić information content (AvgIpc) is 3.47. The van der Waals surface area contributed by atoms with E-state index in [0.717, 1.165) is 60.9 Å². The van der Waals surface area contributed by atoms with Gasteiger partial charge in [-0.3, -0.25) is 0 Å². The van der Waals surface area contributed by atoms with Gasteiger partial charge in [0.1, 0.15) is 17.0 Å². The number of para-hydroxylation sites is 1. The van der Waals surface area contributed by atoms with Crippen LogP contribution in [0.15, 0.2) is 144 Å². The summed E-state index contributed by atoms with van der Waals surface area (Å²) in [5.74, 6) is 1.55. The van der Waals surface area contributed by atoms with Gasteiger partial charge in [0.2, 0.25) is 0 Å². The molecule has 0 aliphatic carbocycles. The van der Waals surface area contributed by atoms with Gasteiger partial charge in [0.15, 0.2) is 17.5 Å². The van der Waals surface area contributed by atoms with E-state index in [2.05, 4.69) is 49.4 Å². The maximum absolute atomic E-state index is 14.0. The highest BCUT2D eigenvalue weighted by atomic mass is 19.1. The molecule has 0 aliphatic heterocycles. The molecule has 6 aromatic carbocycles. The van der Waals surface area contributed by atoms with Crippen molar-refractivity contribution in [3.63, 3.8) is 0 Å². The van der Waals surface area contributed by atoms with Crippen LogP contribution in [0.1, 0.15) is 5.56 Å². The molecule has 0 amide bonds. The largest absolute Gasteiger partial charge is 0.455 e. The van der Waals surface area contributed by atoms with Gasteiger partial charge in [-0.1, -0.05) is 109 Å². The Bertz CT molecular complexity index is 2290. The summed E-state index contributed by atoms with van der Waals surface area (Å²) in [5, 5.41) is 1.86. The molecular weight excluding hydrogens is 557 g/mol. The van der Waals surface area contributed by atoms with Crippen LogP contribution in [0.5, 0.6) is 0 Å². The van der Waals surface area contributed by atoms with Gasteiger partial charge >= 0.3 is 0 Å². The Hall–Kier alpha value is -5.94. The lowest BCUT2D eigenvalue weighted by molar-refractivity contribution is 0.618. The highest BCUT2D eigenvalue weighted by Gasteiger charge is 2.16. The van der Waals surface area contributed by atoms with Crippen molar-refractivity contribution < 1.29 is 8.81 Å². The molecule has 0 saturated carbocycles. The lowest BCUT2D eigenvalue weighted by Crippen LogP contribution is -2.00. The number of furan rings is 1. The molecule has 0 radical (unpaired) electrons. The van der Waals surface area contributed by atoms with Crippen molar-refractivity contribution in [2.75, 3.05) is 0 Å². The lowest BCUT2D eigenvalue weighted by Gasteiger charge is -2.12. The Labute approximate surface area is 259 Å². The molecule has 0 saturated heterocycles. The third-order valence-corrected chi connectivity index (χ3v) is 8.14. The van der Waals surface area contributed by atoms with E-state index in [1.165, 1.54) is 12.1 Å². The number of aryl methyl sites for hydroxylation is 1. The first-order valence-corrected chi connectivity index (χ1v) is 14.8. The summed E-state index contributed by atoms with van der Waals surface area (Å²) in [6, 6.07) is 45.5. The molecule has 2 aromatic heterocycles. The van der Waals surface area contributed by atoms with E-state index in [1.807, 2.05) is 78.9 Å². The lowest BCUT2D eigenvalue weighted by atomic mass is 9.94. The monoisotopic (exact) mass is 583 g/mol. The molecule has 0 aliphatic rings. The Morgan fingerprint density at radius 2 is 1.07 bits per heavy atom. The molecule has 8 rings (SSSR count). The van der Waals surface area contributed by atoms with Crippen LogP contribution in [0, 0.1) is 12.7 Å². The number of fused-ring (bicyclic) bond motifs is 3. The molecule has 45 heavy (non-hydrogen) atoms. The van der Waals surface area contributed by atoms with Gasteiger partial charge in [0.05, 0.1) is 0 Å². The minimum atomic E-state index is -0.314. The molecule has 0 N–H and O–H groups in total. The topological polar surface area (TPSA) is 51.8 Å². The minimum Gasteiger partial charge on any atom is -0.455 e. The highest BCUT2D eigenvalue weighted by Crippen LogP contribution is 2.38. The van der Waals surface area contributed by atoms with E-state index in [9.17, 15) is 4.39 Å². The van der Waals surface area contributed by atoms with Crippen LogP contribution in [-0.4, -0.2) is 15.0 Å². The summed E-state index contributed by atoms with van der Waals surface area (Å²) in [6.45, 7) is 2.11. The van der Waals surface area contributed by atoms with Crippen molar-refractivity contribution in [3.05, 3.63) is 151 Å². The zero-order valence-electron chi connectivity index (χ0n) is 24.4. The van der Waals surface area contributed by atoms with Crippen molar-refractivity contribution in [2.24, 2.45) is 0 Å². The first-order chi connectivity index (χ1) is 22.1. The molecular formula is C40H26FN3O. The van der Waals surface area contributed by atoms with Gasteiger partial charge in [-0.2, -0.15) is 0 Å². The number of rotatable bonds is 5. The zero-order valence-corrected chi connectivity index (χ0v) is 24.4. The van der Waals surface area contributed by atoms with Crippen LogP contribution in [-0.2, 0) is 0 Å². The fourth-order valence-corrected chi connectivity index (χ4v) is 5.86. The molecule has 2 heterocycles. The molecule has 0 unspecified atom stereocenters. The number of nitrogens with zero attached hydrogens (tertiary/aromatic N) is 3. The van der Waals surface area contributed by atoms with E-state index >= 15 is 0 Å². The van der Waals surface area contributed by atoms with Gasteiger partial charge < -0.3 is 4.42 Å². The Morgan fingerprint density at radius 3 is 1.76 bits per heavy atom. The maximum Gasteiger partial charge on any atom is 0.164 e. The van der Waals surface area contributed by atoms with E-state index in [1.54, 1.807) is 6.07 Å². The third-order valence-electron chi connectivity index (χ3n) is 8.14. The van der Waals surface area contributed by atoms with Gasteiger partial charge in [-0.15, -0.1) is 0 Å². The summed E-state index contributed by atoms with van der Waals surface area (Å²) in [6.07, 6.45) is 0. The van der Waals surface area contributed by atoms with E-state index in [0.29, 0.717) is 23.1 Å². The molecule has 4 nitrogen and oxygen atoms in total. The maximum atomic E-state index is 14.0. The van der Waals surface area contributed by atoms with Gasteiger partial charge in [0, 0.05) is 39.1 Å². The molecule has 0 atom stereocenters. The number of hydrogen-bond acceptors (Lipinski definition) is 4. The fraction of sp³-hybridized carbons (Fsp3) is 0.0250. The summed E-state index contributed by atoms with van der Waals surface area (Å²) >= 11 is 0. The second-order valence-corrected chi connectivity index (χ2v) is 11.1. The Kier molecular flexibility index (Phi) is 6.50. The van der Waals surface area contributed by atoms with Crippen LogP contribution >= 0.6 is 0 Å². The van der Waals surface area contributed by atoms with Crippen molar-refractivity contribution in [1.29, 1.82) is 0 Å². The SMILES string of the molecule is Cc1ccc(-c2nc(-c3ccccc3)nc(-c3ccccc3)n2)cc1-c1cccc(-c2cccc3c2oc2cc(F)ccc23)c1. The molecule has 0 bridgehead atoms. The van der Waals surface area contributed by atoms with Crippen molar-refractivity contribution in [1.82, 2.24) is 15.0 Å². The first-order valence-electron chi connectivity index (χ1n) is 14.8. The van der Waals surface area contributed by atoms with Crippen molar-refractivity contribution in [2.45, 2.75) is 6.92 Å². The van der Waals surface area contributed by atoms with Crippen LogP contribution < -0.4 is 0 Å². The standard InChI is InChI=1S/C40H26FN3O/c1-25-18-19-30(40-43-38(26-10-4-2-5-11-26)42-39(44-40)27-12-6-3-7-13-27)23-35(25)29-15-8-14-28(22-29)32-16-9-17-34-33-21-20-31(41)24-36(33)45-37(32)34/h2-24H,1H3. The van der Waals surface area contributed by atoms with Gasteiger partial charge in [0.25, 0.3) is 0 Å². The number of aromatic nitrogens is 3. The Balaban J connectivity index is 1.24.